The zero-order valence-electron chi connectivity index (χ0n) is 10.9. The van der Waals surface area contributed by atoms with Crippen molar-refractivity contribution in [1.82, 2.24) is 0 Å². The van der Waals surface area contributed by atoms with Crippen LogP contribution in [0.4, 0.5) is 0 Å². The Bertz CT molecular complexity index is 212. The molecule has 1 N–H and O–H groups in total. The summed E-state index contributed by atoms with van der Waals surface area (Å²) in [6, 6.07) is 0. The van der Waals surface area contributed by atoms with Gasteiger partial charge >= 0.3 is 0 Å². The van der Waals surface area contributed by atoms with Gasteiger partial charge in [0.2, 0.25) is 0 Å². The minimum Gasteiger partial charge on any atom is -0.414 e. The van der Waals surface area contributed by atoms with E-state index < -0.39 is 13.9 Å². The molecule has 0 saturated heterocycles. The normalized spacial score (nSPS) is 22.0. The van der Waals surface area contributed by atoms with Gasteiger partial charge in [-0.1, -0.05) is 33.6 Å². The molecule has 1 rings (SSSR count). The van der Waals surface area contributed by atoms with Crippen molar-refractivity contribution in [3.63, 3.8) is 0 Å². The monoisotopic (exact) mass is 230 g/mol. The summed E-state index contributed by atoms with van der Waals surface area (Å²) in [5, 5.41) is 10.5. The molecule has 0 aromatic carbocycles. The van der Waals surface area contributed by atoms with Crippen molar-refractivity contribution in [1.29, 1.82) is 0 Å². The fraction of sp³-hybridized carbons (Fsp3) is 1.00. The van der Waals surface area contributed by atoms with Crippen LogP contribution in [0.5, 0.6) is 0 Å². The fourth-order valence-corrected chi connectivity index (χ4v) is 2.77. The second-order valence-electron chi connectivity index (χ2n) is 6.48. The molecule has 0 heterocycles. The Morgan fingerprint density at radius 2 is 1.67 bits per heavy atom. The van der Waals surface area contributed by atoms with Crippen molar-refractivity contribution in [3.8, 4) is 0 Å². The Balaban J connectivity index is 2.49. The quantitative estimate of drug-likeness (QED) is 0.754. The average Bonchev–Trinajstić information content (AvgIpc) is 2.48. The highest BCUT2D eigenvalue weighted by Gasteiger charge is 2.40. The van der Waals surface area contributed by atoms with Gasteiger partial charge in [0.25, 0.3) is 0 Å². The molecule has 1 aliphatic rings. The Morgan fingerprint density at radius 1 is 1.20 bits per heavy atom. The SMILES string of the molecule is CC(C)(C)[Si](C)(C)OCC1(O)CCCC1. The van der Waals surface area contributed by atoms with E-state index >= 15 is 0 Å². The second kappa shape index (κ2) is 4.19. The molecule has 0 atom stereocenters. The van der Waals surface area contributed by atoms with Crippen molar-refractivity contribution in [2.45, 2.75) is 70.2 Å². The first-order valence-corrected chi connectivity index (χ1v) is 8.94. The van der Waals surface area contributed by atoms with Crippen LogP contribution in [0, 0.1) is 0 Å². The lowest BCUT2D eigenvalue weighted by Crippen LogP contribution is -2.45. The van der Waals surface area contributed by atoms with Crippen LogP contribution in [0.2, 0.25) is 18.1 Å². The van der Waals surface area contributed by atoms with E-state index in [2.05, 4.69) is 33.9 Å². The topological polar surface area (TPSA) is 29.5 Å². The van der Waals surface area contributed by atoms with Gasteiger partial charge < -0.3 is 9.53 Å². The zero-order valence-corrected chi connectivity index (χ0v) is 11.9. The molecular weight excluding hydrogens is 204 g/mol. The van der Waals surface area contributed by atoms with Gasteiger partial charge in [-0.3, -0.25) is 0 Å². The zero-order chi connectivity index (χ0) is 11.7. The van der Waals surface area contributed by atoms with Crippen LogP contribution in [-0.2, 0) is 4.43 Å². The molecule has 1 aliphatic carbocycles. The predicted molar refractivity (Wildman–Crippen MR) is 66.6 cm³/mol. The molecule has 3 heteroatoms. The predicted octanol–water partition coefficient (Wildman–Crippen LogP) is 3.31. The van der Waals surface area contributed by atoms with Crippen LogP contribution in [0.3, 0.4) is 0 Å². The van der Waals surface area contributed by atoms with Crippen LogP contribution in [0.15, 0.2) is 0 Å². The summed E-state index contributed by atoms with van der Waals surface area (Å²) < 4.78 is 6.07. The van der Waals surface area contributed by atoms with Gasteiger partial charge in [0.1, 0.15) is 0 Å². The highest BCUT2D eigenvalue weighted by Crippen LogP contribution is 2.38. The van der Waals surface area contributed by atoms with Crippen molar-refractivity contribution >= 4 is 8.32 Å². The van der Waals surface area contributed by atoms with E-state index in [1.54, 1.807) is 0 Å². The molecule has 0 bridgehead atoms. The molecule has 15 heavy (non-hydrogen) atoms. The summed E-state index contributed by atoms with van der Waals surface area (Å²) in [4.78, 5) is 0. The molecule has 0 radical (unpaired) electrons. The van der Waals surface area contributed by atoms with E-state index in [4.69, 9.17) is 4.43 Å². The van der Waals surface area contributed by atoms with Gasteiger partial charge in [-0.15, -0.1) is 0 Å². The first-order chi connectivity index (χ1) is 6.66. The fourth-order valence-electron chi connectivity index (χ4n) is 1.71. The molecule has 90 valence electrons. The number of hydrogen-bond acceptors (Lipinski definition) is 2. The number of rotatable bonds is 3. The van der Waals surface area contributed by atoms with Crippen molar-refractivity contribution in [3.05, 3.63) is 0 Å². The van der Waals surface area contributed by atoms with Crippen molar-refractivity contribution in [2.75, 3.05) is 6.61 Å². The Hall–Kier alpha value is 0.137. The van der Waals surface area contributed by atoms with Gasteiger partial charge in [0.05, 0.1) is 12.2 Å². The Kier molecular flexibility index (Phi) is 3.69. The molecule has 2 nitrogen and oxygen atoms in total. The third-order valence-corrected chi connectivity index (χ3v) is 8.52. The minimum atomic E-state index is -1.68. The van der Waals surface area contributed by atoms with Crippen molar-refractivity contribution < 1.29 is 9.53 Å². The summed E-state index contributed by atoms with van der Waals surface area (Å²) in [6.07, 6.45) is 4.14. The third kappa shape index (κ3) is 3.30. The first kappa shape index (κ1) is 13.2. The second-order valence-corrected chi connectivity index (χ2v) is 11.3. The van der Waals surface area contributed by atoms with E-state index in [1.807, 2.05) is 0 Å². The van der Waals surface area contributed by atoms with Gasteiger partial charge in [0, 0.05) is 0 Å². The minimum absolute atomic E-state index is 0.238. The maximum absolute atomic E-state index is 10.2. The largest absolute Gasteiger partial charge is 0.414 e. The Morgan fingerprint density at radius 3 is 2.07 bits per heavy atom. The molecule has 0 amide bonds. The van der Waals surface area contributed by atoms with E-state index in [0.717, 1.165) is 25.7 Å². The van der Waals surface area contributed by atoms with Crippen LogP contribution in [0.25, 0.3) is 0 Å². The number of hydrogen-bond donors (Lipinski definition) is 1. The van der Waals surface area contributed by atoms with Crippen molar-refractivity contribution in [2.24, 2.45) is 0 Å². The summed E-state index contributed by atoms with van der Waals surface area (Å²) in [5.41, 5.74) is -0.518. The molecule has 0 unspecified atom stereocenters. The van der Waals surface area contributed by atoms with Gasteiger partial charge in [0.15, 0.2) is 8.32 Å². The van der Waals surface area contributed by atoms with E-state index in [1.165, 1.54) is 0 Å². The third-order valence-electron chi connectivity index (χ3n) is 4.04. The maximum atomic E-state index is 10.2. The van der Waals surface area contributed by atoms with E-state index in [0.29, 0.717) is 6.61 Å². The summed E-state index contributed by atoms with van der Waals surface area (Å²) >= 11 is 0. The summed E-state index contributed by atoms with van der Waals surface area (Å²) in [7, 11) is -1.68. The van der Waals surface area contributed by atoms with Crippen LogP contribution >= 0.6 is 0 Å². The maximum Gasteiger partial charge on any atom is 0.192 e. The molecule has 0 aliphatic heterocycles. The molecule has 1 saturated carbocycles. The molecular formula is C12H26O2Si. The van der Waals surface area contributed by atoms with Gasteiger partial charge in [-0.2, -0.15) is 0 Å². The van der Waals surface area contributed by atoms with Gasteiger partial charge in [-0.25, -0.2) is 0 Å². The molecule has 1 fully saturated rings. The van der Waals surface area contributed by atoms with Crippen LogP contribution in [0.1, 0.15) is 46.5 Å². The summed E-state index contributed by atoms with van der Waals surface area (Å²) in [5.74, 6) is 0. The Labute approximate surface area is 95.2 Å². The van der Waals surface area contributed by atoms with Crippen LogP contribution < -0.4 is 0 Å². The highest BCUT2D eigenvalue weighted by molar-refractivity contribution is 6.74. The van der Waals surface area contributed by atoms with Gasteiger partial charge in [-0.05, 0) is 31.0 Å². The average molecular weight is 230 g/mol. The lowest BCUT2D eigenvalue weighted by molar-refractivity contribution is -0.00328. The number of aliphatic hydroxyl groups is 1. The lowest BCUT2D eigenvalue weighted by atomic mass is 10.1. The highest BCUT2D eigenvalue weighted by atomic mass is 28.4. The molecule has 0 spiro atoms. The van der Waals surface area contributed by atoms with E-state index in [9.17, 15) is 5.11 Å². The summed E-state index contributed by atoms with van der Waals surface area (Å²) in [6.45, 7) is 11.7. The first-order valence-electron chi connectivity index (χ1n) is 6.03. The lowest BCUT2D eigenvalue weighted by Gasteiger charge is -2.38. The standard InChI is InChI=1S/C12H26O2Si/c1-11(2,3)15(4,5)14-10-12(13)8-6-7-9-12/h13H,6-10H2,1-5H3. The molecule has 0 aromatic heterocycles. The van der Waals surface area contributed by atoms with E-state index in [-0.39, 0.29) is 5.04 Å². The van der Waals surface area contributed by atoms with Crippen LogP contribution in [-0.4, -0.2) is 25.6 Å². The molecule has 0 aromatic rings. The smallest absolute Gasteiger partial charge is 0.192 e.